The molecule has 1 aromatic rings. The molecule has 1 atom stereocenters. The highest BCUT2D eigenvalue weighted by molar-refractivity contribution is 5.98. The predicted molar refractivity (Wildman–Crippen MR) is 74.4 cm³/mol. The van der Waals surface area contributed by atoms with Gasteiger partial charge in [-0.3, -0.25) is 9.59 Å². The summed E-state index contributed by atoms with van der Waals surface area (Å²) < 4.78 is 5.39. The number of carbonyl (C=O) groups is 1. The van der Waals surface area contributed by atoms with Crippen LogP contribution in [0.25, 0.3) is 6.08 Å². The van der Waals surface area contributed by atoms with E-state index >= 15 is 0 Å². The maximum Gasteiger partial charge on any atom is 0.256 e. The van der Waals surface area contributed by atoms with E-state index in [1.165, 1.54) is 11.0 Å². The summed E-state index contributed by atoms with van der Waals surface area (Å²) in [5.74, 6) is -0.146. The number of allylic oxidation sites excluding steroid dienone is 1. The van der Waals surface area contributed by atoms with Gasteiger partial charge in [-0.15, -0.1) is 0 Å². The Balaban J connectivity index is 2.98. The molecule has 0 heterocycles. The molecule has 4 nitrogen and oxygen atoms in total. The largest absolute Gasteiger partial charge is 0.359 e. The molecule has 0 aliphatic rings. The first-order valence-electron chi connectivity index (χ1n) is 6.13. The van der Waals surface area contributed by atoms with Crippen molar-refractivity contribution in [2.45, 2.75) is 20.1 Å². The number of hydrogen-bond acceptors (Lipinski definition) is 3. The third-order valence-electron chi connectivity index (χ3n) is 2.80. The number of nitrogens with zero attached hydrogens (tertiary/aromatic N) is 1. The lowest BCUT2D eigenvalue weighted by Crippen LogP contribution is -2.37. The molecule has 1 aromatic carbocycles. The van der Waals surface area contributed by atoms with Crippen molar-refractivity contribution in [2.24, 2.45) is 0 Å². The normalized spacial score (nSPS) is 12.4. The van der Waals surface area contributed by atoms with E-state index in [1.54, 1.807) is 37.6 Å². The quantitative estimate of drug-likeness (QED) is 0.582. The summed E-state index contributed by atoms with van der Waals surface area (Å²) in [5, 5.41) is 0. The Morgan fingerprint density at radius 3 is 2.79 bits per heavy atom. The van der Waals surface area contributed by atoms with Crippen molar-refractivity contribution in [1.82, 2.24) is 4.90 Å². The first-order valence-corrected chi connectivity index (χ1v) is 6.13. The van der Waals surface area contributed by atoms with Crippen LogP contribution in [0.3, 0.4) is 0 Å². The Morgan fingerprint density at radius 1 is 1.47 bits per heavy atom. The molecule has 0 saturated heterocycles. The monoisotopic (exact) mass is 260 g/mol. The maximum atomic E-state index is 12.4. The van der Waals surface area contributed by atoms with Crippen LogP contribution in [0.1, 0.15) is 29.8 Å². The van der Waals surface area contributed by atoms with Gasteiger partial charge >= 0.3 is 0 Å². The van der Waals surface area contributed by atoms with Crippen molar-refractivity contribution >= 4 is 18.3 Å². The minimum atomic E-state index is -0.299. The summed E-state index contributed by atoms with van der Waals surface area (Å²) in [6.07, 6.45) is 4.19. The van der Waals surface area contributed by atoms with Crippen LogP contribution in [0.2, 0.25) is 0 Å². The number of benzene rings is 1. The first-order chi connectivity index (χ1) is 9.11. The van der Waals surface area contributed by atoms with Gasteiger partial charge < -0.3 is 9.64 Å². The highest BCUT2D eigenvalue weighted by atomic mass is 16.5. The molecule has 0 fully saturated rings. The Labute approximate surface area is 113 Å². The van der Waals surface area contributed by atoms with Gasteiger partial charge in [0.2, 0.25) is 6.29 Å². The van der Waals surface area contributed by atoms with Crippen molar-refractivity contribution in [2.75, 3.05) is 13.7 Å². The average Bonchev–Trinajstić information content (AvgIpc) is 2.44. The molecule has 1 unspecified atom stereocenters. The minimum absolute atomic E-state index is 0.146. The van der Waals surface area contributed by atoms with Gasteiger partial charge in [-0.1, -0.05) is 24.3 Å². The molecule has 0 aromatic heterocycles. The number of ether oxygens (including phenoxy) is 1. The summed E-state index contributed by atoms with van der Waals surface area (Å²) in [6, 6.07) is 7.10. The minimum Gasteiger partial charge on any atom is -0.359 e. The molecule has 4 heteroatoms. The number of rotatable bonds is 6. The van der Waals surface area contributed by atoms with Crippen molar-refractivity contribution < 1.29 is 14.3 Å². The Hall–Kier alpha value is -1.94. The van der Waals surface area contributed by atoms with E-state index < -0.39 is 0 Å². The van der Waals surface area contributed by atoms with Crippen LogP contribution in [0.5, 0.6) is 0 Å². The van der Waals surface area contributed by atoms with Gasteiger partial charge in [-0.25, -0.2) is 0 Å². The van der Waals surface area contributed by atoms with Gasteiger partial charge in [0, 0.05) is 19.2 Å². The summed E-state index contributed by atoms with van der Waals surface area (Å²) >= 11 is 0. The second kappa shape index (κ2) is 7.48. The third kappa shape index (κ3) is 4.03. The van der Waals surface area contributed by atoms with E-state index in [0.717, 1.165) is 0 Å². The van der Waals surface area contributed by atoms with Crippen LogP contribution in [0, 0.1) is 0 Å². The zero-order valence-corrected chi connectivity index (χ0v) is 11.4. The second-order valence-electron chi connectivity index (χ2n) is 4.01. The first kappa shape index (κ1) is 15.1. The summed E-state index contributed by atoms with van der Waals surface area (Å²) in [5.41, 5.74) is 1.22. The lowest BCUT2D eigenvalue weighted by atomic mass is 10.1. The van der Waals surface area contributed by atoms with Crippen LogP contribution < -0.4 is 0 Å². The molecule has 1 rings (SSSR count). The summed E-state index contributed by atoms with van der Waals surface area (Å²) in [7, 11) is 1.69. The summed E-state index contributed by atoms with van der Waals surface area (Å²) in [6.45, 7) is 4.24. The molecule has 19 heavy (non-hydrogen) atoms. The molecule has 1 radical (unpaired) electrons. The molecule has 0 bridgehead atoms. The van der Waals surface area contributed by atoms with Gasteiger partial charge in [0.05, 0.1) is 0 Å². The van der Waals surface area contributed by atoms with E-state index in [-0.39, 0.29) is 12.1 Å². The molecule has 0 aliphatic heterocycles. The average molecular weight is 260 g/mol. The van der Waals surface area contributed by atoms with E-state index in [4.69, 9.17) is 4.74 Å². The van der Waals surface area contributed by atoms with Gasteiger partial charge in [0.1, 0.15) is 6.23 Å². The molecular formula is C15H18NO3. The fraction of sp³-hybridized carbons (Fsp3) is 0.333. The van der Waals surface area contributed by atoms with E-state index in [1.807, 2.05) is 19.9 Å². The van der Waals surface area contributed by atoms with Gasteiger partial charge in [0.25, 0.3) is 5.91 Å². The van der Waals surface area contributed by atoms with Crippen LogP contribution >= 0.6 is 0 Å². The fourth-order valence-electron chi connectivity index (χ4n) is 1.67. The highest BCUT2D eigenvalue weighted by Gasteiger charge is 2.19. The zero-order valence-electron chi connectivity index (χ0n) is 11.4. The number of hydrogen-bond donors (Lipinski definition) is 0. The molecule has 0 aliphatic carbocycles. The van der Waals surface area contributed by atoms with Gasteiger partial charge in [0.15, 0.2) is 0 Å². The summed E-state index contributed by atoms with van der Waals surface area (Å²) in [4.78, 5) is 24.1. The lowest BCUT2D eigenvalue weighted by molar-refractivity contribution is -0.0189. The topological polar surface area (TPSA) is 46.6 Å². The van der Waals surface area contributed by atoms with Crippen LogP contribution in [-0.2, 0) is 9.53 Å². The predicted octanol–water partition coefficient (Wildman–Crippen LogP) is 2.26. The van der Waals surface area contributed by atoms with Crippen molar-refractivity contribution in [3.05, 3.63) is 41.5 Å². The van der Waals surface area contributed by atoms with Gasteiger partial charge in [-0.2, -0.15) is 0 Å². The smallest absolute Gasteiger partial charge is 0.256 e. The molecule has 0 N–H and O–H groups in total. The Morgan fingerprint density at radius 2 is 2.16 bits per heavy atom. The third-order valence-corrected chi connectivity index (χ3v) is 2.80. The Bertz CT molecular complexity index is 468. The molecule has 0 saturated carbocycles. The van der Waals surface area contributed by atoms with E-state index in [2.05, 4.69) is 0 Å². The fourth-order valence-corrected chi connectivity index (χ4v) is 1.67. The maximum absolute atomic E-state index is 12.4. The molecule has 1 amide bonds. The Kier molecular flexibility index (Phi) is 5.96. The second-order valence-corrected chi connectivity index (χ2v) is 4.01. The number of amides is 1. The number of carbonyl (C=O) groups excluding carboxylic acids is 2. The molecular weight excluding hydrogens is 242 g/mol. The highest BCUT2D eigenvalue weighted by Crippen LogP contribution is 2.14. The van der Waals surface area contributed by atoms with E-state index in [0.29, 0.717) is 17.7 Å². The van der Waals surface area contributed by atoms with Crippen LogP contribution in [-0.4, -0.2) is 37.0 Å². The van der Waals surface area contributed by atoms with Crippen molar-refractivity contribution in [3.63, 3.8) is 0 Å². The van der Waals surface area contributed by atoms with Crippen molar-refractivity contribution in [1.29, 1.82) is 0 Å². The van der Waals surface area contributed by atoms with E-state index in [9.17, 15) is 9.59 Å². The standard InChI is InChI=1S/C15H18NO3/c1-4-19-12(2)16(3)15(18)14-10-6-5-8-13(14)9-7-11-17/h5-10,12H,4H2,1-3H3/b9-7+. The van der Waals surface area contributed by atoms with Gasteiger partial charge in [-0.05, 0) is 31.6 Å². The molecule has 0 spiro atoms. The lowest BCUT2D eigenvalue weighted by Gasteiger charge is -2.25. The van der Waals surface area contributed by atoms with Crippen LogP contribution in [0.4, 0.5) is 0 Å². The SMILES string of the molecule is CCOC(C)N(C)C(=O)c1ccccc1/C=C/[C]=O. The zero-order chi connectivity index (χ0) is 14.3. The molecule has 101 valence electrons. The van der Waals surface area contributed by atoms with Crippen molar-refractivity contribution in [3.8, 4) is 0 Å². The van der Waals surface area contributed by atoms with Crippen LogP contribution in [0.15, 0.2) is 30.3 Å².